The number of hydrogen-bond donors (Lipinski definition) is 1. The van der Waals surface area contributed by atoms with Gasteiger partial charge in [0.1, 0.15) is 0 Å². The Balaban J connectivity index is 1.77. The van der Waals surface area contributed by atoms with Gasteiger partial charge in [-0.25, -0.2) is 0 Å². The van der Waals surface area contributed by atoms with Gasteiger partial charge < -0.3 is 9.84 Å². The van der Waals surface area contributed by atoms with Crippen LogP contribution in [0.2, 0.25) is 0 Å². The van der Waals surface area contributed by atoms with Gasteiger partial charge in [0, 0.05) is 31.7 Å². The van der Waals surface area contributed by atoms with Crippen LogP contribution in [0.25, 0.3) is 11.5 Å². The molecule has 5 heteroatoms. The van der Waals surface area contributed by atoms with Gasteiger partial charge in [-0.1, -0.05) is 17.3 Å². The molecule has 2 heterocycles. The third-order valence-electron chi connectivity index (χ3n) is 3.88. The van der Waals surface area contributed by atoms with Crippen molar-refractivity contribution in [2.24, 2.45) is 0 Å². The van der Waals surface area contributed by atoms with Gasteiger partial charge in [-0.2, -0.15) is 4.98 Å². The predicted molar refractivity (Wildman–Crippen MR) is 77.4 cm³/mol. The molecule has 1 aliphatic heterocycles. The predicted octanol–water partition coefficient (Wildman–Crippen LogP) is 1.76. The van der Waals surface area contributed by atoms with E-state index in [0.717, 1.165) is 44.1 Å². The molecule has 0 aliphatic carbocycles. The summed E-state index contributed by atoms with van der Waals surface area (Å²) in [5, 5.41) is 7.45. The SMILES string of the molecule is Cc1cccc(-c2nc(CN3CCNCC3)no2)c1C. The highest BCUT2D eigenvalue weighted by molar-refractivity contribution is 5.60. The van der Waals surface area contributed by atoms with Gasteiger partial charge in [-0.3, -0.25) is 4.90 Å². The number of hydrogen-bond acceptors (Lipinski definition) is 5. The quantitative estimate of drug-likeness (QED) is 0.922. The second-order valence-corrected chi connectivity index (χ2v) is 5.29. The average Bonchev–Trinajstić information content (AvgIpc) is 2.91. The summed E-state index contributed by atoms with van der Waals surface area (Å²) >= 11 is 0. The maximum atomic E-state index is 5.42. The molecule has 20 heavy (non-hydrogen) atoms. The van der Waals surface area contributed by atoms with Gasteiger partial charge in [0.15, 0.2) is 5.82 Å². The van der Waals surface area contributed by atoms with E-state index >= 15 is 0 Å². The fourth-order valence-electron chi connectivity index (χ4n) is 2.48. The number of aryl methyl sites for hydroxylation is 1. The lowest BCUT2D eigenvalue weighted by atomic mass is 10.0. The minimum absolute atomic E-state index is 0.622. The summed E-state index contributed by atoms with van der Waals surface area (Å²) in [6.45, 7) is 9.07. The van der Waals surface area contributed by atoms with E-state index in [-0.39, 0.29) is 0 Å². The number of piperazine rings is 1. The highest BCUT2D eigenvalue weighted by Gasteiger charge is 2.16. The minimum Gasteiger partial charge on any atom is -0.334 e. The smallest absolute Gasteiger partial charge is 0.258 e. The highest BCUT2D eigenvalue weighted by Crippen LogP contribution is 2.23. The summed E-state index contributed by atoms with van der Waals surface area (Å²) in [6, 6.07) is 6.15. The molecule has 0 bridgehead atoms. The van der Waals surface area contributed by atoms with E-state index in [1.165, 1.54) is 11.1 Å². The van der Waals surface area contributed by atoms with Crippen molar-refractivity contribution < 1.29 is 4.52 Å². The van der Waals surface area contributed by atoms with Crippen LogP contribution in [0.4, 0.5) is 0 Å². The van der Waals surface area contributed by atoms with E-state index in [2.05, 4.69) is 40.3 Å². The van der Waals surface area contributed by atoms with Gasteiger partial charge in [-0.05, 0) is 31.0 Å². The molecule has 0 saturated carbocycles. The Bertz CT molecular complexity index is 587. The number of nitrogens with one attached hydrogen (secondary N) is 1. The maximum Gasteiger partial charge on any atom is 0.258 e. The molecular weight excluding hydrogens is 252 g/mol. The van der Waals surface area contributed by atoms with E-state index in [4.69, 9.17) is 4.52 Å². The van der Waals surface area contributed by atoms with Gasteiger partial charge in [0.2, 0.25) is 0 Å². The zero-order valence-corrected chi connectivity index (χ0v) is 12.0. The Labute approximate surface area is 119 Å². The molecular formula is C15H20N4O. The topological polar surface area (TPSA) is 54.2 Å². The lowest BCUT2D eigenvalue weighted by Gasteiger charge is -2.25. The summed E-state index contributed by atoms with van der Waals surface area (Å²) in [5.41, 5.74) is 3.47. The monoisotopic (exact) mass is 272 g/mol. The number of aromatic nitrogens is 2. The Kier molecular flexibility index (Phi) is 3.80. The van der Waals surface area contributed by atoms with Crippen LogP contribution in [0.1, 0.15) is 17.0 Å². The fourth-order valence-corrected chi connectivity index (χ4v) is 2.48. The molecule has 0 amide bonds. The van der Waals surface area contributed by atoms with Crippen molar-refractivity contribution in [3.05, 3.63) is 35.2 Å². The van der Waals surface area contributed by atoms with E-state index in [1.807, 2.05) is 12.1 Å². The Hall–Kier alpha value is -1.72. The van der Waals surface area contributed by atoms with Crippen molar-refractivity contribution in [1.29, 1.82) is 0 Å². The van der Waals surface area contributed by atoms with E-state index in [1.54, 1.807) is 0 Å². The molecule has 2 aromatic rings. The summed E-state index contributed by atoms with van der Waals surface area (Å²) in [6.07, 6.45) is 0. The molecule has 1 fully saturated rings. The molecule has 3 rings (SSSR count). The molecule has 106 valence electrons. The summed E-state index contributed by atoms with van der Waals surface area (Å²) in [5.74, 6) is 1.39. The second kappa shape index (κ2) is 5.73. The lowest BCUT2D eigenvalue weighted by Crippen LogP contribution is -2.43. The van der Waals surface area contributed by atoms with Crippen LogP contribution in [0.15, 0.2) is 22.7 Å². The van der Waals surface area contributed by atoms with Crippen LogP contribution >= 0.6 is 0 Å². The molecule has 5 nitrogen and oxygen atoms in total. The summed E-state index contributed by atoms with van der Waals surface area (Å²) < 4.78 is 5.42. The normalized spacial score (nSPS) is 16.5. The van der Waals surface area contributed by atoms with Crippen molar-refractivity contribution in [2.45, 2.75) is 20.4 Å². The van der Waals surface area contributed by atoms with Crippen molar-refractivity contribution >= 4 is 0 Å². The zero-order valence-electron chi connectivity index (χ0n) is 12.0. The fraction of sp³-hybridized carbons (Fsp3) is 0.467. The Morgan fingerprint density at radius 1 is 1.25 bits per heavy atom. The maximum absolute atomic E-state index is 5.42. The van der Waals surface area contributed by atoms with Crippen molar-refractivity contribution in [1.82, 2.24) is 20.4 Å². The van der Waals surface area contributed by atoms with Crippen LogP contribution < -0.4 is 5.32 Å². The van der Waals surface area contributed by atoms with Gasteiger partial charge in [-0.15, -0.1) is 0 Å². The molecule has 1 aromatic carbocycles. The van der Waals surface area contributed by atoms with Gasteiger partial charge >= 0.3 is 0 Å². The second-order valence-electron chi connectivity index (χ2n) is 5.29. The molecule has 0 atom stereocenters. The third-order valence-corrected chi connectivity index (χ3v) is 3.88. The van der Waals surface area contributed by atoms with E-state index in [0.29, 0.717) is 5.89 Å². The van der Waals surface area contributed by atoms with Crippen molar-refractivity contribution in [2.75, 3.05) is 26.2 Å². The minimum atomic E-state index is 0.622. The van der Waals surface area contributed by atoms with Gasteiger partial charge in [0.05, 0.1) is 6.54 Å². The van der Waals surface area contributed by atoms with Crippen LogP contribution in [0, 0.1) is 13.8 Å². The molecule has 1 N–H and O–H groups in total. The first-order chi connectivity index (χ1) is 9.74. The van der Waals surface area contributed by atoms with E-state index in [9.17, 15) is 0 Å². The number of nitrogens with zero attached hydrogens (tertiary/aromatic N) is 3. The first kappa shape index (κ1) is 13.3. The Morgan fingerprint density at radius 2 is 2.05 bits per heavy atom. The van der Waals surface area contributed by atoms with Crippen LogP contribution in [-0.2, 0) is 6.54 Å². The number of benzene rings is 1. The first-order valence-corrected chi connectivity index (χ1v) is 7.06. The highest BCUT2D eigenvalue weighted by atomic mass is 16.5. The van der Waals surface area contributed by atoms with Crippen LogP contribution in [-0.4, -0.2) is 41.2 Å². The van der Waals surface area contributed by atoms with Crippen molar-refractivity contribution in [3.63, 3.8) is 0 Å². The molecule has 0 spiro atoms. The van der Waals surface area contributed by atoms with Crippen molar-refractivity contribution in [3.8, 4) is 11.5 Å². The lowest BCUT2D eigenvalue weighted by molar-refractivity contribution is 0.225. The molecule has 0 unspecified atom stereocenters. The molecule has 1 saturated heterocycles. The molecule has 0 radical (unpaired) electrons. The standard InChI is InChI=1S/C15H20N4O/c1-11-4-3-5-13(12(11)2)15-17-14(18-20-15)10-19-8-6-16-7-9-19/h3-5,16H,6-10H2,1-2H3. The average molecular weight is 272 g/mol. The van der Waals surface area contributed by atoms with Crippen LogP contribution in [0.3, 0.4) is 0 Å². The summed E-state index contributed by atoms with van der Waals surface area (Å²) in [7, 11) is 0. The van der Waals surface area contributed by atoms with E-state index < -0.39 is 0 Å². The first-order valence-electron chi connectivity index (χ1n) is 7.06. The zero-order chi connectivity index (χ0) is 13.9. The van der Waals surface area contributed by atoms with Crippen LogP contribution in [0.5, 0.6) is 0 Å². The largest absolute Gasteiger partial charge is 0.334 e. The number of rotatable bonds is 3. The van der Waals surface area contributed by atoms with Gasteiger partial charge in [0.25, 0.3) is 5.89 Å². The molecule has 1 aromatic heterocycles. The Morgan fingerprint density at radius 3 is 2.85 bits per heavy atom. The third kappa shape index (κ3) is 2.73. The summed E-state index contributed by atoms with van der Waals surface area (Å²) in [4.78, 5) is 6.88. The molecule has 1 aliphatic rings.